The van der Waals surface area contributed by atoms with Crippen molar-refractivity contribution in [2.45, 2.75) is 6.42 Å². The second-order valence-corrected chi connectivity index (χ2v) is 7.01. The van der Waals surface area contributed by atoms with Crippen molar-refractivity contribution in [3.8, 4) is 17.2 Å². The third kappa shape index (κ3) is 7.33. The number of nitrogens with one attached hydrogen (secondary N) is 1. The Balaban J connectivity index is 1.86. The highest BCUT2D eigenvalue weighted by molar-refractivity contribution is 6.04. The van der Waals surface area contributed by atoms with Crippen molar-refractivity contribution in [1.29, 1.82) is 0 Å². The molecule has 1 aromatic heterocycles. The van der Waals surface area contributed by atoms with Crippen molar-refractivity contribution < 1.29 is 23.7 Å². The Morgan fingerprint density at radius 1 is 0.879 bits per heavy atom. The fourth-order valence-electron chi connectivity index (χ4n) is 3.00. The van der Waals surface area contributed by atoms with Gasteiger partial charge in [-0.1, -0.05) is 12.2 Å². The Bertz CT molecular complexity index is 1060. The number of hydrogen-bond acceptors (Lipinski definition) is 7. The number of amides is 1. The molecule has 0 saturated heterocycles. The van der Waals surface area contributed by atoms with Gasteiger partial charge in [0.2, 0.25) is 0 Å². The highest BCUT2D eigenvalue weighted by Gasteiger charge is 2.10. The number of anilines is 1. The Morgan fingerprint density at radius 3 is 2.21 bits per heavy atom. The Hall–Kier alpha value is -3.91. The minimum Gasteiger partial charge on any atom is -0.497 e. The first-order chi connectivity index (χ1) is 16.1. The number of ether oxygens (including phenoxy) is 4. The summed E-state index contributed by atoms with van der Waals surface area (Å²) in [6, 6.07) is 10.9. The number of nitrogens with zero attached hydrogens (tertiary/aromatic N) is 2. The van der Waals surface area contributed by atoms with Crippen molar-refractivity contribution in [3.05, 3.63) is 71.7 Å². The van der Waals surface area contributed by atoms with Gasteiger partial charge in [-0.15, -0.1) is 0 Å². The number of carbonyl (C=O) groups excluding carboxylic acids is 1. The number of aromatic nitrogens is 2. The molecular weight excluding hydrogens is 422 g/mol. The SMILES string of the molecule is COCCCOc1cc(/C=C/c2cc(OC)cc(OC)c2)cc(C(=O)Nc2cnccn2)c1. The van der Waals surface area contributed by atoms with Crippen LogP contribution in [0.4, 0.5) is 5.82 Å². The molecule has 0 aliphatic carbocycles. The summed E-state index contributed by atoms with van der Waals surface area (Å²) in [6.45, 7) is 1.07. The van der Waals surface area contributed by atoms with E-state index in [4.69, 9.17) is 18.9 Å². The van der Waals surface area contributed by atoms with Gasteiger partial charge in [0.05, 0.1) is 27.0 Å². The largest absolute Gasteiger partial charge is 0.497 e. The van der Waals surface area contributed by atoms with Crippen molar-refractivity contribution in [2.75, 3.05) is 39.9 Å². The van der Waals surface area contributed by atoms with Gasteiger partial charge in [0, 0.05) is 44.2 Å². The molecule has 33 heavy (non-hydrogen) atoms. The zero-order valence-electron chi connectivity index (χ0n) is 18.9. The van der Waals surface area contributed by atoms with Gasteiger partial charge in [-0.05, 0) is 41.5 Å². The van der Waals surface area contributed by atoms with E-state index in [0.717, 1.165) is 17.5 Å². The summed E-state index contributed by atoms with van der Waals surface area (Å²) in [5, 5.41) is 2.75. The minimum atomic E-state index is -0.310. The van der Waals surface area contributed by atoms with Crippen molar-refractivity contribution in [2.24, 2.45) is 0 Å². The molecule has 0 atom stereocenters. The van der Waals surface area contributed by atoms with E-state index in [2.05, 4.69) is 15.3 Å². The third-order valence-electron chi connectivity index (χ3n) is 4.60. The standard InChI is InChI=1S/C25H27N3O5/c1-30-9-4-10-33-23-14-18(5-6-19-12-21(31-2)16-22(13-19)32-3)11-20(15-23)25(29)28-24-17-26-7-8-27-24/h5-8,11-17H,4,9-10H2,1-3H3,(H,27,28,29)/b6-5+. The van der Waals surface area contributed by atoms with Crippen molar-refractivity contribution in [1.82, 2.24) is 9.97 Å². The van der Waals surface area contributed by atoms with Gasteiger partial charge in [-0.25, -0.2) is 4.98 Å². The van der Waals surface area contributed by atoms with Gasteiger partial charge in [-0.2, -0.15) is 0 Å². The lowest BCUT2D eigenvalue weighted by Gasteiger charge is -2.10. The number of rotatable bonds is 11. The van der Waals surface area contributed by atoms with Gasteiger partial charge in [0.25, 0.3) is 5.91 Å². The normalized spacial score (nSPS) is 10.8. The summed E-state index contributed by atoms with van der Waals surface area (Å²) in [7, 11) is 4.86. The van der Waals surface area contributed by atoms with E-state index in [-0.39, 0.29) is 5.91 Å². The smallest absolute Gasteiger partial charge is 0.257 e. The minimum absolute atomic E-state index is 0.310. The second-order valence-electron chi connectivity index (χ2n) is 7.01. The first-order valence-electron chi connectivity index (χ1n) is 10.4. The number of benzene rings is 2. The van der Waals surface area contributed by atoms with Crippen LogP contribution in [0.15, 0.2) is 55.0 Å². The topological polar surface area (TPSA) is 91.8 Å². The maximum atomic E-state index is 12.8. The van der Waals surface area contributed by atoms with Gasteiger partial charge < -0.3 is 24.3 Å². The molecule has 0 aliphatic heterocycles. The average molecular weight is 450 g/mol. The number of methoxy groups -OCH3 is 3. The zero-order valence-corrected chi connectivity index (χ0v) is 18.9. The molecule has 2 aromatic carbocycles. The van der Waals surface area contributed by atoms with Crippen LogP contribution in [0, 0.1) is 0 Å². The Kier molecular flexibility index (Phi) is 8.79. The molecule has 1 N–H and O–H groups in total. The lowest BCUT2D eigenvalue weighted by Crippen LogP contribution is -2.13. The molecule has 1 amide bonds. The maximum absolute atomic E-state index is 12.8. The molecule has 0 bridgehead atoms. The summed E-state index contributed by atoms with van der Waals surface area (Å²) in [6.07, 6.45) is 9.10. The molecule has 8 heteroatoms. The highest BCUT2D eigenvalue weighted by atomic mass is 16.5. The van der Waals surface area contributed by atoms with Crippen LogP contribution in [0.1, 0.15) is 27.9 Å². The monoisotopic (exact) mass is 449 g/mol. The van der Waals surface area contributed by atoms with Gasteiger partial charge in [-0.3, -0.25) is 9.78 Å². The molecule has 1 heterocycles. The Labute approximate surface area is 193 Å². The quantitative estimate of drug-likeness (QED) is 0.344. The molecule has 0 aliphatic rings. The predicted octanol–water partition coefficient (Wildman–Crippen LogP) is 4.33. The predicted molar refractivity (Wildman–Crippen MR) is 127 cm³/mol. The van der Waals surface area contributed by atoms with E-state index in [1.54, 1.807) is 45.7 Å². The fourth-order valence-corrected chi connectivity index (χ4v) is 3.00. The Morgan fingerprint density at radius 2 is 1.58 bits per heavy atom. The van der Waals surface area contributed by atoms with E-state index >= 15 is 0 Å². The summed E-state index contributed by atoms with van der Waals surface area (Å²) in [5.41, 5.74) is 2.13. The third-order valence-corrected chi connectivity index (χ3v) is 4.60. The first kappa shape index (κ1) is 23.7. The fraction of sp³-hybridized carbons (Fsp3) is 0.240. The molecule has 0 saturated carbocycles. The molecule has 0 radical (unpaired) electrons. The molecular formula is C25H27N3O5. The van der Waals surface area contributed by atoms with E-state index in [9.17, 15) is 4.79 Å². The average Bonchev–Trinajstić information content (AvgIpc) is 2.85. The van der Waals surface area contributed by atoms with Gasteiger partial charge in [0.15, 0.2) is 5.82 Å². The van der Waals surface area contributed by atoms with Gasteiger partial charge >= 0.3 is 0 Å². The van der Waals surface area contributed by atoms with Crippen molar-refractivity contribution >= 4 is 23.9 Å². The van der Waals surface area contributed by atoms with E-state index in [0.29, 0.717) is 41.8 Å². The summed E-state index contributed by atoms with van der Waals surface area (Å²) >= 11 is 0. The molecule has 8 nitrogen and oxygen atoms in total. The van der Waals surface area contributed by atoms with Crippen LogP contribution in [-0.4, -0.2) is 50.4 Å². The van der Waals surface area contributed by atoms with Crippen LogP contribution in [0.5, 0.6) is 17.2 Å². The van der Waals surface area contributed by atoms with E-state index in [1.807, 2.05) is 30.4 Å². The molecule has 0 unspecified atom stereocenters. The van der Waals surface area contributed by atoms with Gasteiger partial charge in [0.1, 0.15) is 17.2 Å². The van der Waals surface area contributed by atoms with E-state index in [1.165, 1.54) is 12.4 Å². The lowest BCUT2D eigenvalue weighted by atomic mass is 10.1. The summed E-state index contributed by atoms with van der Waals surface area (Å²) in [5.74, 6) is 2.02. The van der Waals surface area contributed by atoms with Crippen molar-refractivity contribution in [3.63, 3.8) is 0 Å². The number of hydrogen-bond donors (Lipinski definition) is 1. The summed E-state index contributed by atoms with van der Waals surface area (Å²) < 4.78 is 21.6. The number of carbonyl (C=O) groups is 1. The molecule has 3 rings (SSSR count). The lowest BCUT2D eigenvalue weighted by molar-refractivity contribution is 0.102. The van der Waals surface area contributed by atoms with Crippen LogP contribution < -0.4 is 19.5 Å². The molecule has 0 spiro atoms. The highest BCUT2D eigenvalue weighted by Crippen LogP contribution is 2.25. The van der Waals surface area contributed by atoms with Crippen LogP contribution in [0.3, 0.4) is 0 Å². The molecule has 3 aromatic rings. The first-order valence-corrected chi connectivity index (χ1v) is 10.4. The molecule has 0 fully saturated rings. The van der Waals surface area contributed by atoms with Crippen LogP contribution in [0.2, 0.25) is 0 Å². The zero-order chi connectivity index (χ0) is 23.5. The van der Waals surface area contributed by atoms with Crippen LogP contribution in [-0.2, 0) is 4.74 Å². The van der Waals surface area contributed by atoms with Crippen LogP contribution >= 0.6 is 0 Å². The van der Waals surface area contributed by atoms with Crippen LogP contribution in [0.25, 0.3) is 12.2 Å². The van der Waals surface area contributed by atoms with E-state index < -0.39 is 0 Å². The molecule has 172 valence electrons. The second kappa shape index (κ2) is 12.2. The maximum Gasteiger partial charge on any atom is 0.257 e. The summed E-state index contributed by atoms with van der Waals surface area (Å²) in [4.78, 5) is 20.9.